The molecule has 2 N–H and O–H groups in total. The topological polar surface area (TPSA) is 54.0 Å². The first-order valence-electron chi connectivity index (χ1n) is 7.16. The number of carbonyl (C=O) groups excluding carboxylic acids is 1. The molecule has 0 saturated heterocycles. The van der Waals surface area contributed by atoms with Crippen molar-refractivity contribution in [3.8, 4) is 0 Å². The van der Waals surface area contributed by atoms with Crippen molar-refractivity contribution in [2.75, 3.05) is 11.9 Å². The van der Waals surface area contributed by atoms with Gasteiger partial charge in [0.15, 0.2) is 0 Å². The Morgan fingerprint density at radius 1 is 1.43 bits per heavy atom. The minimum absolute atomic E-state index is 0.0232. The van der Waals surface area contributed by atoms with Gasteiger partial charge < -0.3 is 10.6 Å². The van der Waals surface area contributed by atoms with Gasteiger partial charge in [0.25, 0.3) is 5.91 Å². The summed E-state index contributed by atoms with van der Waals surface area (Å²) >= 11 is 1.64. The summed E-state index contributed by atoms with van der Waals surface area (Å²) in [5, 5.41) is 7.40. The molecule has 0 radical (unpaired) electrons. The number of nitrogens with zero attached hydrogens (tertiary/aromatic N) is 1. The number of aromatic nitrogens is 1. The van der Waals surface area contributed by atoms with Gasteiger partial charge in [-0.3, -0.25) is 4.79 Å². The lowest BCUT2D eigenvalue weighted by Crippen LogP contribution is -2.26. The highest BCUT2D eigenvalue weighted by molar-refractivity contribution is 7.11. The molecule has 0 aliphatic carbocycles. The zero-order valence-electron chi connectivity index (χ0n) is 12.5. The van der Waals surface area contributed by atoms with E-state index in [9.17, 15) is 4.79 Å². The van der Waals surface area contributed by atoms with Crippen molar-refractivity contribution in [1.29, 1.82) is 0 Å². The van der Waals surface area contributed by atoms with E-state index in [0.717, 1.165) is 34.2 Å². The van der Waals surface area contributed by atoms with Crippen LogP contribution in [0.1, 0.15) is 44.5 Å². The van der Waals surface area contributed by atoms with Crippen molar-refractivity contribution in [1.82, 2.24) is 10.3 Å². The zero-order chi connectivity index (χ0) is 15.0. The lowest BCUT2D eigenvalue weighted by atomic mass is 10.1. The van der Waals surface area contributed by atoms with Crippen LogP contribution in [0.4, 0.5) is 5.69 Å². The van der Waals surface area contributed by atoms with Gasteiger partial charge in [-0.2, -0.15) is 0 Å². The summed E-state index contributed by atoms with van der Waals surface area (Å²) in [4.78, 5) is 17.9. The number of amides is 1. The van der Waals surface area contributed by atoms with Crippen LogP contribution >= 0.6 is 11.3 Å². The maximum absolute atomic E-state index is 12.4. The van der Waals surface area contributed by atoms with Crippen molar-refractivity contribution in [2.45, 2.75) is 33.2 Å². The number of benzene rings is 1. The summed E-state index contributed by atoms with van der Waals surface area (Å²) in [5.74, 6) is -0.0375. The summed E-state index contributed by atoms with van der Waals surface area (Å²) in [5.41, 5.74) is 4.07. The largest absolute Gasteiger partial charge is 0.384 e. The maximum Gasteiger partial charge on any atom is 0.251 e. The Morgan fingerprint density at radius 3 is 2.95 bits per heavy atom. The van der Waals surface area contributed by atoms with E-state index in [-0.39, 0.29) is 11.9 Å². The van der Waals surface area contributed by atoms with Crippen LogP contribution in [0.15, 0.2) is 18.2 Å². The first kappa shape index (κ1) is 14.1. The number of hydrogen-bond donors (Lipinski definition) is 2. The second-order valence-corrected chi connectivity index (χ2v) is 6.66. The van der Waals surface area contributed by atoms with Crippen LogP contribution in [-0.2, 0) is 6.42 Å². The monoisotopic (exact) mass is 301 g/mol. The van der Waals surface area contributed by atoms with Crippen LogP contribution in [0, 0.1) is 13.8 Å². The van der Waals surface area contributed by atoms with E-state index in [1.54, 1.807) is 11.3 Å². The van der Waals surface area contributed by atoms with Gasteiger partial charge in [-0.1, -0.05) is 6.07 Å². The number of aryl methyl sites for hydroxylation is 2. The van der Waals surface area contributed by atoms with Crippen molar-refractivity contribution < 1.29 is 4.79 Å². The van der Waals surface area contributed by atoms with Crippen molar-refractivity contribution in [2.24, 2.45) is 0 Å². The molecule has 1 atom stereocenters. The third-order valence-corrected chi connectivity index (χ3v) is 5.02. The Morgan fingerprint density at radius 2 is 2.24 bits per heavy atom. The van der Waals surface area contributed by atoms with E-state index < -0.39 is 0 Å². The van der Waals surface area contributed by atoms with Crippen LogP contribution < -0.4 is 10.6 Å². The highest BCUT2D eigenvalue weighted by atomic mass is 32.1. The highest BCUT2D eigenvalue weighted by Crippen LogP contribution is 2.26. The predicted molar refractivity (Wildman–Crippen MR) is 86.1 cm³/mol. The molecule has 1 aliphatic rings. The summed E-state index contributed by atoms with van der Waals surface area (Å²) in [6, 6.07) is 5.86. The van der Waals surface area contributed by atoms with E-state index >= 15 is 0 Å². The molecular weight excluding hydrogens is 282 g/mol. The molecule has 3 rings (SSSR count). The Hall–Kier alpha value is -1.88. The lowest BCUT2D eigenvalue weighted by molar-refractivity contribution is 0.0940. The number of thiazole rings is 1. The highest BCUT2D eigenvalue weighted by Gasteiger charge is 2.18. The number of rotatable bonds is 3. The van der Waals surface area contributed by atoms with E-state index in [1.807, 2.05) is 39.0 Å². The average Bonchev–Trinajstić information content (AvgIpc) is 3.03. The third kappa shape index (κ3) is 2.78. The Kier molecular flexibility index (Phi) is 3.68. The standard InChI is InChI=1S/C16H19N3OS/c1-9-15(21-11(3)18-9)10(2)19-16(20)13-5-4-12-6-7-17-14(12)8-13/h4-5,8,10,17H,6-7H2,1-3H3,(H,19,20). The first-order valence-corrected chi connectivity index (χ1v) is 7.98. The summed E-state index contributed by atoms with van der Waals surface area (Å²) in [6.45, 7) is 6.93. The first-order chi connectivity index (χ1) is 10.0. The molecule has 0 bridgehead atoms. The van der Waals surface area contributed by atoms with Gasteiger partial charge in [0.05, 0.1) is 16.7 Å². The minimum atomic E-state index is -0.0375. The third-order valence-electron chi connectivity index (χ3n) is 3.76. The molecule has 4 nitrogen and oxygen atoms in total. The second kappa shape index (κ2) is 5.48. The Labute approximate surface area is 128 Å². The van der Waals surface area contributed by atoms with Crippen molar-refractivity contribution in [3.05, 3.63) is 44.9 Å². The number of nitrogens with one attached hydrogen (secondary N) is 2. The van der Waals surface area contributed by atoms with Gasteiger partial charge in [-0.25, -0.2) is 4.98 Å². The average molecular weight is 301 g/mol. The molecule has 1 unspecified atom stereocenters. The molecule has 1 aliphatic heterocycles. The summed E-state index contributed by atoms with van der Waals surface area (Å²) in [7, 11) is 0. The molecule has 2 aromatic rings. The molecule has 1 amide bonds. The minimum Gasteiger partial charge on any atom is -0.384 e. The smallest absolute Gasteiger partial charge is 0.251 e. The fourth-order valence-electron chi connectivity index (χ4n) is 2.73. The van der Waals surface area contributed by atoms with Crippen LogP contribution in [0.5, 0.6) is 0 Å². The predicted octanol–water partition coefficient (Wildman–Crippen LogP) is 3.22. The van der Waals surface area contributed by atoms with E-state index in [1.165, 1.54) is 5.56 Å². The number of fused-ring (bicyclic) bond motifs is 1. The molecule has 0 fully saturated rings. The van der Waals surface area contributed by atoms with Crippen LogP contribution in [0.2, 0.25) is 0 Å². The molecule has 110 valence electrons. The number of carbonyl (C=O) groups is 1. The van der Waals surface area contributed by atoms with Crippen LogP contribution in [0.3, 0.4) is 0 Å². The molecule has 0 spiro atoms. The normalized spacial score (nSPS) is 14.4. The van der Waals surface area contributed by atoms with Gasteiger partial charge in [-0.05, 0) is 44.9 Å². The fraction of sp³-hybridized carbons (Fsp3) is 0.375. The molecular formula is C16H19N3OS. The number of hydrogen-bond acceptors (Lipinski definition) is 4. The van der Waals surface area contributed by atoms with E-state index in [0.29, 0.717) is 5.56 Å². The van der Waals surface area contributed by atoms with Gasteiger partial charge in [-0.15, -0.1) is 11.3 Å². The van der Waals surface area contributed by atoms with Gasteiger partial charge in [0.1, 0.15) is 0 Å². The zero-order valence-corrected chi connectivity index (χ0v) is 13.3. The molecule has 21 heavy (non-hydrogen) atoms. The quantitative estimate of drug-likeness (QED) is 0.915. The fourth-order valence-corrected chi connectivity index (χ4v) is 3.66. The summed E-state index contributed by atoms with van der Waals surface area (Å²) in [6.07, 6.45) is 1.03. The lowest BCUT2D eigenvalue weighted by Gasteiger charge is -2.13. The second-order valence-electron chi connectivity index (χ2n) is 5.43. The molecule has 2 heterocycles. The van der Waals surface area contributed by atoms with Crippen molar-refractivity contribution >= 4 is 22.9 Å². The SMILES string of the molecule is Cc1nc(C)c(C(C)NC(=O)c2ccc3c(c2)NCC3)s1. The number of anilines is 1. The van der Waals surface area contributed by atoms with Crippen LogP contribution in [-0.4, -0.2) is 17.4 Å². The molecule has 1 aromatic heterocycles. The van der Waals surface area contributed by atoms with E-state index in [2.05, 4.69) is 15.6 Å². The van der Waals surface area contributed by atoms with Gasteiger partial charge >= 0.3 is 0 Å². The molecule has 1 aromatic carbocycles. The van der Waals surface area contributed by atoms with Crippen LogP contribution in [0.25, 0.3) is 0 Å². The maximum atomic E-state index is 12.4. The summed E-state index contributed by atoms with van der Waals surface area (Å²) < 4.78 is 0. The van der Waals surface area contributed by atoms with Crippen molar-refractivity contribution in [3.63, 3.8) is 0 Å². The Balaban J connectivity index is 1.75. The van der Waals surface area contributed by atoms with E-state index in [4.69, 9.17) is 0 Å². The molecule has 0 saturated carbocycles. The Bertz CT molecular complexity index is 693. The van der Waals surface area contributed by atoms with Gasteiger partial charge in [0, 0.05) is 22.7 Å². The van der Waals surface area contributed by atoms with Gasteiger partial charge in [0.2, 0.25) is 0 Å². The molecule has 5 heteroatoms.